The summed E-state index contributed by atoms with van der Waals surface area (Å²) in [5, 5.41) is 0. The van der Waals surface area contributed by atoms with Crippen molar-refractivity contribution in [2.24, 2.45) is 5.41 Å². The lowest BCUT2D eigenvalue weighted by atomic mass is 9.90. The van der Waals surface area contributed by atoms with Crippen LogP contribution in [0.5, 0.6) is 0 Å². The zero-order valence-corrected chi connectivity index (χ0v) is 11.2. The van der Waals surface area contributed by atoms with Gasteiger partial charge in [-0.3, -0.25) is 9.59 Å². The van der Waals surface area contributed by atoms with Crippen molar-refractivity contribution < 1.29 is 0 Å². The molecule has 0 heterocycles. The van der Waals surface area contributed by atoms with Crippen LogP contribution in [0.2, 0.25) is 0 Å². The Kier molecular flexibility index (Phi) is 3.84. The highest BCUT2D eigenvalue weighted by molar-refractivity contribution is 7.80. The fourth-order valence-corrected chi connectivity index (χ4v) is 2.05. The quantitative estimate of drug-likeness (QED) is 0.645. The van der Waals surface area contributed by atoms with Crippen LogP contribution < -0.4 is 15.8 Å². The van der Waals surface area contributed by atoms with Crippen LogP contribution in [0.15, 0.2) is 14.5 Å². The molecule has 0 aliphatic carbocycles. The molecule has 0 saturated heterocycles. The first-order chi connectivity index (χ1) is 7.24. The minimum Gasteiger partial charge on any atom is -0.370 e. The molecule has 0 aromatic heterocycles. The molecule has 0 N–H and O–H groups in total. The van der Waals surface area contributed by atoms with Gasteiger partial charge in [0.05, 0.1) is 4.90 Å². The van der Waals surface area contributed by atoms with Crippen molar-refractivity contribution in [1.82, 2.24) is 0 Å². The van der Waals surface area contributed by atoms with Gasteiger partial charge in [-0.05, 0) is 18.3 Å². The summed E-state index contributed by atoms with van der Waals surface area (Å²) in [5.74, 6) is 0. The zero-order valence-electron chi connectivity index (χ0n) is 10.3. The van der Waals surface area contributed by atoms with Crippen LogP contribution >= 0.6 is 12.6 Å². The van der Waals surface area contributed by atoms with E-state index in [0.717, 1.165) is 19.4 Å². The second kappa shape index (κ2) is 4.62. The van der Waals surface area contributed by atoms with Gasteiger partial charge in [0.15, 0.2) is 0 Å². The predicted octanol–water partition coefficient (Wildman–Crippen LogP) is 1.83. The number of hydrogen-bond acceptors (Lipinski definition) is 4. The van der Waals surface area contributed by atoms with E-state index in [1.165, 1.54) is 0 Å². The average molecular weight is 241 g/mol. The molecule has 1 aromatic carbocycles. The molecule has 0 unspecified atom stereocenters. The molecule has 16 heavy (non-hydrogen) atoms. The Hall–Kier alpha value is -0.770. The van der Waals surface area contributed by atoms with Crippen LogP contribution in [0.4, 0.5) is 5.69 Å². The minimum absolute atomic E-state index is 0.304. The molecule has 0 fully saturated rings. The molecule has 90 valence electrons. The van der Waals surface area contributed by atoms with Gasteiger partial charge in [0.1, 0.15) is 5.69 Å². The minimum atomic E-state index is -0.457. The number of nitrogens with zero attached hydrogens (tertiary/aromatic N) is 1. The summed E-state index contributed by atoms with van der Waals surface area (Å²) < 4.78 is 0. The first-order valence-electron chi connectivity index (χ1n) is 5.47. The summed E-state index contributed by atoms with van der Waals surface area (Å²) in [5.41, 5.74) is -0.0788. The van der Waals surface area contributed by atoms with Gasteiger partial charge in [0.2, 0.25) is 5.43 Å². The van der Waals surface area contributed by atoms with Gasteiger partial charge in [0.25, 0.3) is 5.43 Å². The summed E-state index contributed by atoms with van der Waals surface area (Å²) in [6.07, 6.45) is 2.10. The number of thiol groups is 1. The summed E-state index contributed by atoms with van der Waals surface area (Å²) in [6.45, 7) is 7.35. The summed E-state index contributed by atoms with van der Waals surface area (Å²) in [4.78, 5) is 24.4. The third-order valence-electron chi connectivity index (χ3n) is 2.66. The maximum atomic E-state index is 11.3. The van der Waals surface area contributed by atoms with Crippen LogP contribution in [0.25, 0.3) is 0 Å². The van der Waals surface area contributed by atoms with Crippen molar-refractivity contribution in [1.29, 1.82) is 0 Å². The summed E-state index contributed by atoms with van der Waals surface area (Å²) >= 11 is 4.02. The third kappa shape index (κ3) is 2.88. The Morgan fingerprint density at radius 1 is 1.19 bits per heavy atom. The van der Waals surface area contributed by atoms with Crippen molar-refractivity contribution in [2.75, 3.05) is 18.5 Å². The van der Waals surface area contributed by atoms with E-state index >= 15 is 0 Å². The molecule has 1 rings (SSSR count). The van der Waals surface area contributed by atoms with Crippen molar-refractivity contribution in [2.45, 2.75) is 38.5 Å². The number of rotatable bonds is 4. The lowest BCUT2D eigenvalue weighted by Gasteiger charge is -2.24. The van der Waals surface area contributed by atoms with E-state index in [2.05, 4.69) is 33.4 Å². The molecule has 0 radical (unpaired) electrons. The molecule has 0 saturated carbocycles. The van der Waals surface area contributed by atoms with E-state index in [4.69, 9.17) is 0 Å². The molecule has 0 aliphatic heterocycles. The van der Waals surface area contributed by atoms with E-state index in [0.29, 0.717) is 16.0 Å². The number of hydrogen-bond donors (Lipinski definition) is 1. The lowest BCUT2D eigenvalue weighted by molar-refractivity contribution is 0.367. The van der Waals surface area contributed by atoms with E-state index < -0.39 is 10.9 Å². The Morgan fingerprint density at radius 3 is 2.19 bits per heavy atom. The third-order valence-corrected chi connectivity index (χ3v) is 3.08. The second-order valence-corrected chi connectivity index (χ2v) is 5.89. The van der Waals surface area contributed by atoms with E-state index in [9.17, 15) is 9.59 Å². The first kappa shape index (κ1) is 13.3. The van der Waals surface area contributed by atoms with Crippen LogP contribution in [-0.2, 0) is 0 Å². The summed E-state index contributed by atoms with van der Waals surface area (Å²) in [7, 11) is 1.83. The Balaban J connectivity index is 2.52. The smallest absolute Gasteiger partial charge is 0.251 e. The second-order valence-electron chi connectivity index (χ2n) is 5.44. The van der Waals surface area contributed by atoms with E-state index in [1.807, 2.05) is 11.9 Å². The van der Waals surface area contributed by atoms with Gasteiger partial charge in [0, 0.05) is 13.6 Å². The molecule has 0 spiro atoms. The van der Waals surface area contributed by atoms with Gasteiger partial charge in [-0.25, -0.2) is 0 Å². The van der Waals surface area contributed by atoms with E-state index in [1.54, 1.807) is 0 Å². The highest BCUT2D eigenvalue weighted by atomic mass is 32.1. The Bertz CT molecular complexity index is 438. The molecule has 1 aromatic rings. The highest BCUT2D eigenvalue weighted by Gasteiger charge is 2.21. The monoisotopic (exact) mass is 241 g/mol. The molecule has 0 amide bonds. The number of anilines is 1. The maximum absolute atomic E-state index is 11.3. The molecule has 0 aliphatic rings. The fraction of sp³-hybridized carbons (Fsp3) is 0.667. The van der Waals surface area contributed by atoms with Gasteiger partial charge < -0.3 is 4.90 Å². The molecule has 3 nitrogen and oxygen atoms in total. The molecular formula is C12H19NO2S. The standard InChI is InChI=1S/C12H19NO2S/c1-12(2,3)6-5-7-13(4)8-9(14)10(15)11(8)16/h16H,5-7H2,1-4H3. The first-order valence-corrected chi connectivity index (χ1v) is 5.92. The van der Waals surface area contributed by atoms with Gasteiger partial charge >= 0.3 is 0 Å². The Morgan fingerprint density at radius 2 is 1.75 bits per heavy atom. The van der Waals surface area contributed by atoms with E-state index in [-0.39, 0.29) is 0 Å². The molecular weight excluding hydrogens is 222 g/mol. The van der Waals surface area contributed by atoms with Crippen LogP contribution in [0.1, 0.15) is 33.6 Å². The maximum Gasteiger partial charge on any atom is 0.251 e. The summed E-state index contributed by atoms with van der Waals surface area (Å²) in [6, 6.07) is 0. The molecule has 0 atom stereocenters. The normalized spacial score (nSPS) is 12.1. The van der Waals surface area contributed by atoms with Crippen molar-refractivity contribution in [3.8, 4) is 0 Å². The van der Waals surface area contributed by atoms with Crippen LogP contribution in [0.3, 0.4) is 0 Å². The molecule has 0 bridgehead atoms. The lowest BCUT2D eigenvalue weighted by Crippen LogP contribution is -2.40. The van der Waals surface area contributed by atoms with Gasteiger partial charge in [-0.15, -0.1) is 12.6 Å². The highest BCUT2D eigenvalue weighted by Crippen LogP contribution is 2.22. The van der Waals surface area contributed by atoms with Gasteiger partial charge in [-0.2, -0.15) is 0 Å². The fourth-order valence-electron chi connectivity index (χ4n) is 1.68. The largest absolute Gasteiger partial charge is 0.370 e. The van der Waals surface area contributed by atoms with Crippen LogP contribution in [0, 0.1) is 5.41 Å². The average Bonchev–Trinajstić information content (AvgIpc) is 2.15. The van der Waals surface area contributed by atoms with Gasteiger partial charge in [-0.1, -0.05) is 20.8 Å². The van der Waals surface area contributed by atoms with Crippen LogP contribution in [-0.4, -0.2) is 13.6 Å². The van der Waals surface area contributed by atoms with Crippen molar-refractivity contribution >= 4 is 18.3 Å². The topological polar surface area (TPSA) is 37.4 Å². The Labute approximate surface area is 102 Å². The van der Waals surface area contributed by atoms with Crippen molar-refractivity contribution in [3.05, 3.63) is 20.4 Å². The zero-order chi connectivity index (χ0) is 12.5. The van der Waals surface area contributed by atoms with Crippen molar-refractivity contribution in [3.63, 3.8) is 0 Å². The molecule has 4 heteroatoms. The predicted molar refractivity (Wildman–Crippen MR) is 70.6 cm³/mol. The SMILES string of the molecule is CN(CCCC(C)(C)C)c1c(S)c(=O)c1=O.